The van der Waals surface area contributed by atoms with Crippen molar-refractivity contribution < 1.29 is 4.79 Å². The molecule has 0 aromatic carbocycles. The SMILES string of the molecule is Cl.N[C@@H]1CCCN(CC(=O)NCc2cccs2)C1. The Hall–Kier alpha value is -0.620. The van der Waals surface area contributed by atoms with Gasteiger partial charge in [0.25, 0.3) is 0 Å². The maximum atomic E-state index is 11.7. The number of amides is 1. The first-order valence-corrected chi connectivity index (χ1v) is 6.89. The van der Waals surface area contributed by atoms with E-state index >= 15 is 0 Å². The summed E-state index contributed by atoms with van der Waals surface area (Å²) >= 11 is 1.66. The standard InChI is InChI=1S/C12H19N3OS.ClH/c13-10-3-1-5-15(8-10)9-12(16)14-7-11-4-2-6-17-11;/h2,4,6,10H,1,3,5,7-9,13H2,(H,14,16);1H/t10-;/m1./s1. The number of nitrogens with two attached hydrogens (primary N) is 1. The van der Waals surface area contributed by atoms with Crippen molar-refractivity contribution in [1.29, 1.82) is 0 Å². The molecule has 0 radical (unpaired) electrons. The molecule has 1 amide bonds. The molecule has 3 N–H and O–H groups in total. The van der Waals surface area contributed by atoms with Gasteiger partial charge in [-0.2, -0.15) is 0 Å². The van der Waals surface area contributed by atoms with E-state index in [4.69, 9.17) is 5.73 Å². The van der Waals surface area contributed by atoms with E-state index in [1.54, 1.807) is 11.3 Å². The molecular weight excluding hydrogens is 270 g/mol. The minimum Gasteiger partial charge on any atom is -0.350 e. The fourth-order valence-electron chi connectivity index (χ4n) is 2.09. The summed E-state index contributed by atoms with van der Waals surface area (Å²) in [6, 6.07) is 4.26. The molecule has 0 spiro atoms. The van der Waals surface area contributed by atoms with Crippen LogP contribution in [0.4, 0.5) is 0 Å². The number of likely N-dealkylation sites (tertiary alicyclic amines) is 1. The molecule has 1 aliphatic rings. The van der Waals surface area contributed by atoms with Gasteiger partial charge in [-0.05, 0) is 30.8 Å². The predicted octanol–water partition coefficient (Wildman–Crippen LogP) is 1.21. The second kappa shape index (κ2) is 7.74. The lowest BCUT2D eigenvalue weighted by atomic mass is 10.1. The molecule has 102 valence electrons. The average Bonchev–Trinajstić information content (AvgIpc) is 2.79. The van der Waals surface area contributed by atoms with Gasteiger partial charge >= 0.3 is 0 Å². The molecule has 1 aromatic rings. The van der Waals surface area contributed by atoms with Crippen LogP contribution >= 0.6 is 23.7 Å². The van der Waals surface area contributed by atoms with E-state index in [1.165, 1.54) is 4.88 Å². The molecule has 0 bridgehead atoms. The molecule has 4 nitrogen and oxygen atoms in total. The van der Waals surface area contributed by atoms with Crippen LogP contribution in [-0.2, 0) is 11.3 Å². The minimum atomic E-state index is 0. The molecule has 6 heteroatoms. The van der Waals surface area contributed by atoms with Crippen LogP contribution < -0.4 is 11.1 Å². The Kier molecular flexibility index (Phi) is 6.63. The zero-order valence-electron chi connectivity index (χ0n) is 10.3. The summed E-state index contributed by atoms with van der Waals surface area (Å²) in [7, 11) is 0. The first-order chi connectivity index (χ1) is 8.24. The maximum absolute atomic E-state index is 11.7. The Morgan fingerprint density at radius 1 is 1.61 bits per heavy atom. The number of carbonyl (C=O) groups is 1. The van der Waals surface area contributed by atoms with Gasteiger partial charge in [-0.15, -0.1) is 23.7 Å². The monoisotopic (exact) mass is 289 g/mol. The number of carbonyl (C=O) groups excluding carboxylic acids is 1. The minimum absolute atomic E-state index is 0. The smallest absolute Gasteiger partial charge is 0.234 e. The molecule has 18 heavy (non-hydrogen) atoms. The van der Waals surface area contributed by atoms with E-state index in [2.05, 4.69) is 10.2 Å². The van der Waals surface area contributed by atoms with Crippen LogP contribution in [0, 0.1) is 0 Å². The van der Waals surface area contributed by atoms with Gasteiger partial charge < -0.3 is 11.1 Å². The largest absolute Gasteiger partial charge is 0.350 e. The van der Waals surface area contributed by atoms with Crippen molar-refractivity contribution in [2.45, 2.75) is 25.4 Å². The van der Waals surface area contributed by atoms with Gasteiger partial charge in [0.15, 0.2) is 0 Å². The highest BCUT2D eigenvalue weighted by molar-refractivity contribution is 7.09. The lowest BCUT2D eigenvalue weighted by molar-refractivity contribution is -0.122. The summed E-state index contributed by atoms with van der Waals surface area (Å²) in [5, 5.41) is 4.96. The van der Waals surface area contributed by atoms with Gasteiger partial charge in [0, 0.05) is 17.5 Å². The van der Waals surface area contributed by atoms with Gasteiger partial charge in [0.1, 0.15) is 0 Å². The Morgan fingerprint density at radius 3 is 3.11 bits per heavy atom. The van der Waals surface area contributed by atoms with Crippen molar-refractivity contribution in [2.75, 3.05) is 19.6 Å². The first-order valence-electron chi connectivity index (χ1n) is 6.01. The number of thiophene rings is 1. The number of nitrogens with one attached hydrogen (secondary N) is 1. The summed E-state index contributed by atoms with van der Waals surface area (Å²) in [4.78, 5) is 15.0. The Labute approximate surface area is 118 Å². The normalized spacial score (nSPS) is 20.2. The Balaban J connectivity index is 0.00000162. The number of halogens is 1. The molecule has 0 saturated carbocycles. The van der Waals surface area contributed by atoms with E-state index in [1.807, 2.05) is 17.5 Å². The highest BCUT2D eigenvalue weighted by Crippen LogP contribution is 2.09. The van der Waals surface area contributed by atoms with Crippen LogP contribution in [0.2, 0.25) is 0 Å². The van der Waals surface area contributed by atoms with Crippen molar-refractivity contribution in [1.82, 2.24) is 10.2 Å². The van der Waals surface area contributed by atoms with E-state index < -0.39 is 0 Å². The zero-order valence-corrected chi connectivity index (χ0v) is 11.9. The van der Waals surface area contributed by atoms with Crippen molar-refractivity contribution in [3.63, 3.8) is 0 Å². The summed E-state index contributed by atoms with van der Waals surface area (Å²) in [5.74, 6) is 0.0903. The Bertz CT molecular complexity index is 358. The van der Waals surface area contributed by atoms with E-state index in [0.29, 0.717) is 13.1 Å². The molecule has 1 aliphatic heterocycles. The molecule has 1 atom stereocenters. The number of nitrogens with zero attached hydrogens (tertiary/aromatic N) is 1. The molecule has 0 aliphatic carbocycles. The molecular formula is C12H20ClN3OS. The van der Waals surface area contributed by atoms with Crippen molar-refractivity contribution in [2.24, 2.45) is 5.73 Å². The third-order valence-corrected chi connectivity index (χ3v) is 3.83. The third-order valence-electron chi connectivity index (χ3n) is 2.95. The van der Waals surface area contributed by atoms with Gasteiger partial charge in [-0.3, -0.25) is 9.69 Å². The topological polar surface area (TPSA) is 58.4 Å². The number of hydrogen-bond donors (Lipinski definition) is 2. The van der Waals surface area contributed by atoms with Gasteiger partial charge in [-0.25, -0.2) is 0 Å². The van der Waals surface area contributed by atoms with E-state index in [0.717, 1.165) is 25.9 Å². The van der Waals surface area contributed by atoms with Crippen molar-refractivity contribution in [3.05, 3.63) is 22.4 Å². The summed E-state index contributed by atoms with van der Waals surface area (Å²) in [6.45, 7) is 2.93. The summed E-state index contributed by atoms with van der Waals surface area (Å²) in [6.07, 6.45) is 2.17. The van der Waals surface area contributed by atoms with E-state index in [-0.39, 0.29) is 24.4 Å². The zero-order chi connectivity index (χ0) is 12.1. The lowest BCUT2D eigenvalue weighted by Gasteiger charge is -2.29. The molecule has 2 heterocycles. The van der Waals surface area contributed by atoms with Crippen LogP contribution in [-0.4, -0.2) is 36.5 Å². The first kappa shape index (κ1) is 15.4. The molecule has 1 aromatic heterocycles. The number of rotatable bonds is 4. The van der Waals surface area contributed by atoms with Crippen LogP contribution in [0.3, 0.4) is 0 Å². The Morgan fingerprint density at radius 2 is 2.44 bits per heavy atom. The molecule has 0 unspecified atom stereocenters. The van der Waals surface area contributed by atoms with Gasteiger partial charge in [-0.1, -0.05) is 6.07 Å². The average molecular weight is 290 g/mol. The highest BCUT2D eigenvalue weighted by atomic mass is 35.5. The highest BCUT2D eigenvalue weighted by Gasteiger charge is 2.18. The summed E-state index contributed by atoms with van der Waals surface area (Å²) in [5.41, 5.74) is 5.88. The van der Waals surface area contributed by atoms with Crippen LogP contribution in [0.15, 0.2) is 17.5 Å². The van der Waals surface area contributed by atoms with E-state index in [9.17, 15) is 4.79 Å². The van der Waals surface area contributed by atoms with Crippen LogP contribution in [0.1, 0.15) is 17.7 Å². The molecule has 1 saturated heterocycles. The second-order valence-corrected chi connectivity index (χ2v) is 5.53. The van der Waals surface area contributed by atoms with Crippen molar-refractivity contribution in [3.8, 4) is 0 Å². The van der Waals surface area contributed by atoms with Crippen molar-refractivity contribution >= 4 is 29.7 Å². The van der Waals surface area contributed by atoms with Gasteiger partial charge in [0.2, 0.25) is 5.91 Å². The maximum Gasteiger partial charge on any atom is 0.234 e. The number of piperidine rings is 1. The third kappa shape index (κ3) is 4.94. The lowest BCUT2D eigenvalue weighted by Crippen LogP contribution is -2.46. The molecule has 1 fully saturated rings. The molecule has 2 rings (SSSR count). The fourth-order valence-corrected chi connectivity index (χ4v) is 2.74. The quantitative estimate of drug-likeness (QED) is 0.876. The summed E-state index contributed by atoms with van der Waals surface area (Å²) < 4.78 is 0. The van der Waals surface area contributed by atoms with Crippen LogP contribution in [0.25, 0.3) is 0 Å². The predicted molar refractivity (Wildman–Crippen MR) is 77.1 cm³/mol. The van der Waals surface area contributed by atoms with Crippen LogP contribution in [0.5, 0.6) is 0 Å². The fraction of sp³-hybridized carbons (Fsp3) is 0.583. The second-order valence-electron chi connectivity index (χ2n) is 4.49. The van der Waals surface area contributed by atoms with Gasteiger partial charge in [0.05, 0.1) is 13.1 Å². The number of hydrogen-bond acceptors (Lipinski definition) is 4.